The van der Waals surface area contributed by atoms with Gasteiger partial charge in [0.2, 0.25) is 5.88 Å². The average molecular weight is 286 g/mol. The highest BCUT2D eigenvalue weighted by Gasteiger charge is 2.17. The van der Waals surface area contributed by atoms with Gasteiger partial charge >= 0.3 is 6.03 Å². The summed E-state index contributed by atoms with van der Waals surface area (Å²) in [7, 11) is 3.25. The molecule has 0 spiro atoms. The SMILES string of the molecule is COc1cc(NC(=O)N(C)[C@H](C)c2ccccc2)ncn1. The van der Waals surface area contributed by atoms with Crippen molar-refractivity contribution in [2.45, 2.75) is 13.0 Å². The smallest absolute Gasteiger partial charge is 0.323 e. The van der Waals surface area contributed by atoms with Crippen LogP contribution in [0.1, 0.15) is 18.5 Å². The topological polar surface area (TPSA) is 67.3 Å². The molecule has 0 aliphatic heterocycles. The van der Waals surface area contributed by atoms with E-state index in [9.17, 15) is 4.79 Å². The van der Waals surface area contributed by atoms with Crippen LogP contribution >= 0.6 is 0 Å². The van der Waals surface area contributed by atoms with Crippen LogP contribution in [0.3, 0.4) is 0 Å². The molecule has 2 rings (SSSR count). The molecule has 0 saturated heterocycles. The van der Waals surface area contributed by atoms with Crippen LogP contribution in [0, 0.1) is 0 Å². The van der Waals surface area contributed by atoms with Crippen molar-refractivity contribution in [2.24, 2.45) is 0 Å². The molecular formula is C15H18N4O2. The lowest BCUT2D eigenvalue weighted by Crippen LogP contribution is -2.33. The van der Waals surface area contributed by atoms with Gasteiger partial charge in [-0.05, 0) is 12.5 Å². The van der Waals surface area contributed by atoms with Gasteiger partial charge in [-0.3, -0.25) is 5.32 Å². The molecule has 1 aromatic heterocycles. The van der Waals surface area contributed by atoms with Crippen LogP contribution in [0.4, 0.5) is 10.6 Å². The van der Waals surface area contributed by atoms with Gasteiger partial charge < -0.3 is 9.64 Å². The Hall–Kier alpha value is -2.63. The number of hydrogen-bond acceptors (Lipinski definition) is 4. The summed E-state index contributed by atoms with van der Waals surface area (Å²) in [6.07, 6.45) is 1.34. The molecule has 0 fully saturated rings. The summed E-state index contributed by atoms with van der Waals surface area (Å²) in [5.41, 5.74) is 1.07. The Labute approximate surface area is 123 Å². The third-order valence-electron chi connectivity index (χ3n) is 3.27. The Morgan fingerprint density at radius 2 is 2.00 bits per heavy atom. The van der Waals surface area contributed by atoms with Gasteiger partial charge in [0.1, 0.15) is 12.1 Å². The predicted octanol–water partition coefficient (Wildman–Crippen LogP) is 2.71. The fourth-order valence-corrected chi connectivity index (χ4v) is 1.85. The first kappa shape index (κ1) is 14.8. The lowest BCUT2D eigenvalue weighted by molar-refractivity contribution is 0.208. The number of urea groups is 1. The number of anilines is 1. The molecule has 0 unspecified atom stereocenters. The van der Waals surface area contributed by atoms with Crippen molar-refractivity contribution in [3.8, 4) is 5.88 Å². The van der Waals surface area contributed by atoms with E-state index in [-0.39, 0.29) is 12.1 Å². The molecule has 0 aliphatic rings. The summed E-state index contributed by atoms with van der Waals surface area (Å²) in [5.74, 6) is 0.804. The molecule has 1 N–H and O–H groups in total. The van der Waals surface area contributed by atoms with Gasteiger partial charge in [0, 0.05) is 13.1 Å². The molecular weight excluding hydrogens is 268 g/mol. The molecule has 0 bridgehead atoms. The summed E-state index contributed by atoms with van der Waals surface area (Å²) in [6.45, 7) is 1.97. The third kappa shape index (κ3) is 3.68. The third-order valence-corrected chi connectivity index (χ3v) is 3.27. The average Bonchev–Trinajstić information content (AvgIpc) is 2.54. The highest BCUT2D eigenvalue weighted by Crippen LogP contribution is 2.19. The summed E-state index contributed by atoms with van der Waals surface area (Å²) in [6, 6.07) is 11.1. The number of hydrogen-bond donors (Lipinski definition) is 1. The zero-order valence-electron chi connectivity index (χ0n) is 12.3. The van der Waals surface area contributed by atoms with Crippen LogP contribution in [-0.2, 0) is 0 Å². The van der Waals surface area contributed by atoms with Gasteiger partial charge in [0.05, 0.1) is 13.2 Å². The Bertz CT molecular complexity index is 604. The van der Waals surface area contributed by atoms with E-state index < -0.39 is 0 Å². The summed E-state index contributed by atoms with van der Waals surface area (Å²) in [4.78, 5) is 21.7. The molecule has 2 aromatic rings. The van der Waals surface area contributed by atoms with Crippen molar-refractivity contribution in [3.05, 3.63) is 48.3 Å². The van der Waals surface area contributed by atoms with Crippen LogP contribution in [0.15, 0.2) is 42.7 Å². The number of nitrogens with zero attached hydrogens (tertiary/aromatic N) is 3. The molecule has 110 valence electrons. The summed E-state index contributed by atoms with van der Waals surface area (Å²) < 4.78 is 5.00. The maximum atomic E-state index is 12.2. The molecule has 1 heterocycles. The Balaban J connectivity index is 2.05. The van der Waals surface area contributed by atoms with E-state index in [1.54, 1.807) is 18.0 Å². The summed E-state index contributed by atoms with van der Waals surface area (Å²) >= 11 is 0. The second-order valence-electron chi connectivity index (χ2n) is 4.57. The van der Waals surface area contributed by atoms with Crippen LogP contribution in [0.5, 0.6) is 5.88 Å². The molecule has 1 atom stereocenters. The lowest BCUT2D eigenvalue weighted by Gasteiger charge is -2.25. The molecule has 0 aliphatic carbocycles. The van der Waals surface area contributed by atoms with E-state index >= 15 is 0 Å². The number of benzene rings is 1. The normalized spacial score (nSPS) is 11.6. The summed E-state index contributed by atoms with van der Waals surface area (Å²) in [5, 5.41) is 2.72. The van der Waals surface area contributed by atoms with Crippen molar-refractivity contribution in [1.29, 1.82) is 0 Å². The first-order valence-corrected chi connectivity index (χ1v) is 6.56. The van der Waals surface area contributed by atoms with Gasteiger partial charge in [0.25, 0.3) is 0 Å². The van der Waals surface area contributed by atoms with E-state index in [2.05, 4.69) is 15.3 Å². The second kappa shape index (κ2) is 6.69. The number of methoxy groups -OCH3 is 1. The van der Waals surface area contributed by atoms with Crippen molar-refractivity contribution in [2.75, 3.05) is 19.5 Å². The molecule has 0 radical (unpaired) electrons. The fraction of sp³-hybridized carbons (Fsp3) is 0.267. The van der Waals surface area contributed by atoms with E-state index in [4.69, 9.17) is 4.74 Å². The molecule has 6 heteroatoms. The standard InChI is InChI=1S/C15H18N4O2/c1-11(12-7-5-4-6-8-12)19(2)15(20)18-13-9-14(21-3)17-10-16-13/h4-11H,1-3H3,(H,16,17,18,20)/t11-/m1/s1. The maximum Gasteiger partial charge on any atom is 0.323 e. The first-order chi connectivity index (χ1) is 10.1. The largest absolute Gasteiger partial charge is 0.481 e. The molecule has 0 saturated carbocycles. The Kier molecular flexibility index (Phi) is 4.71. The number of aromatic nitrogens is 2. The highest BCUT2D eigenvalue weighted by atomic mass is 16.5. The molecule has 21 heavy (non-hydrogen) atoms. The van der Waals surface area contributed by atoms with Gasteiger partial charge in [-0.15, -0.1) is 0 Å². The maximum absolute atomic E-state index is 12.2. The van der Waals surface area contributed by atoms with E-state index in [0.717, 1.165) is 5.56 Å². The van der Waals surface area contributed by atoms with Gasteiger partial charge in [-0.25, -0.2) is 14.8 Å². The van der Waals surface area contributed by atoms with Crippen LogP contribution in [0.25, 0.3) is 0 Å². The lowest BCUT2D eigenvalue weighted by atomic mass is 10.1. The van der Waals surface area contributed by atoms with Crippen molar-refractivity contribution >= 4 is 11.8 Å². The Morgan fingerprint density at radius 1 is 1.29 bits per heavy atom. The number of amides is 2. The molecule has 1 aromatic carbocycles. The molecule has 2 amide bonds. The van der Waals surface area contributed by atoms with E-state index in [1.807, 2.05) is 37.3 Å². The zero-order chi connectivity index (χ0) is 15.2. The fourth-order valence-electron chi connectivity index (χ4n) is 1.85. The van der Waals surface area contributed by atoms with Crippen molar-refractivity contribution < 1.29 is 9.53 Å². The predicted molar refractivity (Wildman–Crippen MR) is 80.2 cm³/mol. The van der Waals surface area contributed by atoms with Crippen molar-refractivity contribution in [3.63, 3.8) is 0 Å². The number of nitrogens with one attached hydrogen (secondary N) is 1. The minimum atomic E-state index is -0.243. The van der Waals surface area contributed by atoms with E-state index in [1.165, 1.54) is 13.4 Å². The molecule has 6 nitrogen and oxygen atoms in total. The van der Waals surface area contributed by atoms with E-state index in [0.29, 0.717) is 11.7 Å². The van der Waals surface area contributed by atoms with Gasteiger partial charge in [-0.1, -0.05) is 30.3 Å². The first-order valence-electron chi connectivity index (χ1n) is 6.56. The van der Waals surface area contributed by atoms with Gasteiger partial charge in [0.15, 0.2) is 0 Å². The van der Waals surface area contributed by atoms with Crippen LogP contribution in [0.2, 0.25) is 0 Å². The van der Waals surface area contributed by atoms with Crippen LogP contribution in [-0.4, -0.2) is 35.1 Å². The number of carbonyl (C=O) groups excluding carboxylic acids is 1. The highest BCUT2D eigenvalue weighted by molar-refractivity contribution is 5.88. The number of carbonyl (C=O) groups is 1. The monoisotopic (exact) mass is 286 g/mol. The quantitative estimate of drug-likeness (QED) is 0.938. The van der Waals surface area contributed by atoms with Crippen molar-refractivity contribution in [1.82, 2.24) is 14.9 Å². The zero-order valence-corrected chi connectivity index (χ0v) is 12.3. The second-order valence-corrected chi connectivity index (χ2v) is 4.57. The number of ether oxygens (including phenoxy) is 1. The Morgan fingerprint density at radius 3 is 2.67 bits per heavy atom. The van der Waals surface area contributed by atoms with Gasteiger partial charge in [-0.2, -0.15) is 0 Å². The van der Waals surface area contributed by atoms with Crippen LogP contribution < -0.4 is 10.1 Å². The number of rotatable bonds is 4. The minimum Gasteiger partial charge on any atom is -0.481 e. The minimum absolute atomic E-state index is 0.0464.